The molecular weight excluding hydrogens is 290 g/mol. The lowest BCUT2D eigenvalue weighted by Gasteiger charge is -2.07. The van der Waals surface area contributed by atoms with Gasteiger partial charge in [0.05, 0.1) is 0 Å². The van der Waals surface area contributed by atoms with Crippen LogP contribution in [0.5, 0.6) is 0 Å². The number of pyridine rings is 1. The standard InChI is InChI=1S/C18H21N3O2/c1-3-10-19-17(22)15-8-5-9-16(21-15)18(23)20-12-14-7-4-6-13(2)11-14/h4-9,11H,3,10,12H2,1-2H3,(H,19,22)(H,20,23). The predicted molar refractivity (Wildman–Crippen MR) is 89.2 cm³/mol. The molecule has 0 aliphatic heterocycles. The van der Waals surface area contributed by atoms with Crippen LogP contribution in [-0.4, -0.2) is 23.3 Å². The van der Waals surface area contributed by atoms with E-state index in [4.69, 9.17) is 0 Å². The van der Waals surface area contributed by atoms with Crippen LogP contribution in [0.25, 0.3) is 0 Å². The van der Waals surface area contributed by atoms with Crippen molar-refractivity contribution < 1.29 is 9.59 Å². The summed E-state index contributed by atoms with van der Waals surface area (Å²) in [7, 11) is 0. The summed E-state index contributed by atoms with van der Waals surface area (Å²) < 4.78 is 0. The van der Waals surface area contributed by atoms with Crippen molar-refractivity contribution in [3.8, 4) is 0 Å². The lowest BCUT2D eigenvalue weighted by atomic mass is 10.1. The Morgan fingerprint density at radius 2 is 1.65 bits per heavy atom. The highest BCUT2D eigenvalue weighted by atomic mass is 16.2. The van der Waals surface area contributed by atoms with E-state index in [-0.39, 0.29) is 23.2 Å². The van der Waals surface area contributed by atoms with E-state index in [1.165, 1.54) is 0 Å². The first kappa shape index (κ1) is 16.7. The summed E-state index contributed by atoms with van der Waals surface area (Å²) in [4.78, 5) is 28.2. The molecule has 0 unspecified atom stereocenters. The van der Waals surface area contributed by atoms with E-state index < -0.39 is 0 Å². The molecule has 0 radical (unpaired) electrons. The number of amides is 2. The summed E-state index contributed by atoms with van der Waals surface area (Å²) in [6.45, 7) is 4.99. The molecule has 0 fully saturated rings. The Hall–Kier alpha value is -2.69. The number of carbonyl (C=O) groups excluding carboxylic acids is 2. The van der Waals surface area contributed by atoms with Gasteiger partial charge in [-0.3, -0.25) is 9.59 Å². The van der Waals surface area contributed by atoms with Crippen molar-refractivity contribution in [2.45, 2.75) is 26.8 Å². The topological polar surface area (TPSA) is 71.1 Å². The second kappa shape index (κ2) is 8.08. The number of nitrogens with one attached hydrogen (secondary N) is 2. The fourth-order valence-corrected chi connectivity index (χ4v) is 2.11. The summed E-state index contributed by atoms with van der Waals surface area (Å²) in [6, 6.07) is 12.8. The van der Waals surface area contributed by atoms with Crippen LogP contribution in [0, 0.1) is 6.92 Å². The number of aromatic nitrogens is 1. The van der Waals surface area contributed by atoms with Gasteiger partial charge in [-0.05, 0) is 31.0 Å². The Morgan fingerprint density at radius 3 is 2.30 bits per heavy atom. The van der Waals surface area contributed by atoms with Crippen LogP contribution >= 0.6 is 0 Å². The van der Waals surface area contributed by atoms with Crippen LogP contribution in [0.3, 0.4) is 0 Å². The van der Waals surface area contributed by atoms with Crippen molar-refractivity contribution in [3.05, 3.63) is 65.0 Å². The number of rotatable bonds is 6. The largest absolute Gasteiger partial charge is 0.351 e. The molecule has 23 heavy (non-hydrogen) atoms. The molecule has 120 valence electrons. The zero-order valence-electron chi connectivity index (χ0n) is 13.4. The Balaban J connectivity index is 2.00. The van der Waals surface area contributed by atoms with Crippen LogP contribution in [0.15, 0.2) is 42.5 Å². The monoisotopic (exact) mass is 311 g/mol. The van der Waals surface area contributed by atoms with E-state index in [0.717, 1.165) is 17.5 Å². The second-order valence-electron chi connectivity index (χ2n) is 5.34. The van der Waals surface area contributed by atoms with E-state index in [1.807, 2.05) is 38.1 Å². The molecule has 0 atom stereocenters. The molecule has 5 nitrogen and oxygen atoms in total. The molecule has 0 aliphatic carbocycles. The van der Waals surface area contributed by atoms with Crippen molar-refractivity contribution in [2.24, 2.45) is 0 Å². The first-order valence-electron chi connectivity index (χ1n) is 7.69. The zero-order valence-corrected chi connectivity index (χ0v) is 13.4. The Morgan fingerprint density at radius 1 is 1.00 bits per heavy atom. The van der Waals surface area contributed by atoms with Gasteiger partial charge in [-0.1, -0.05) is 42.8 Å². The van der Waals surface area contributed by atoms with Crippen LogP contribution in [0.1, 0.15) is 45.4 Å². The normalized spacial score (nSPS) is 10.2. The van der Waals surface area contributed by atoms with E-state index in [2.05, 4.69) is 15.6 Å². The fourth-order valence-electron chi connectivity index (χ4n) is 2.11. The SMILES string of the molecule is CCCNC(=O)c1cccc(C(=O)NCc2cccc(C)c2)n1. The Bertz CT molecular complexity index is 698. The number of hydrogen-bond donors (Lipinski definition) is 2. The zero-order chi connectivity index (χ0) is 16.7. The van der Waals surface area contributed by atoms with Crippen molar-refractivity contribution in [1.29, 1.82) is 0 Å². The Labute approximate surface area is 136 Å². The van der Waals surface area contributed by atoms with E-state index in [0.29, 0.717) is 13.1 Å². The van der Waals surface area contributed by atoms with E-state index >= 15 is 0 Å². The van der Waals surface area contributed by atoms with Crippen LogP contribution in [0.2, 0.25) is 0 Å². The third-order valence-electron chi connectivity index (χ3n) is 3.29. The smallest absolute Gasteiger partial charge is 0.270 e. The van der Waals surface area contributed by atoms with Gasteiger partial charge in [0.15, 0.2) is 0 Å². The van der Waals surface area contributed by atoms with Crippen molar-refractivity contribution in [1.82, 2.24) is 15.6 Å². The number of hydrogen-bond acceptors (Lipinski definition) is 3. The molecule has 2 rings (SSSR count). The third-order valence-corrected chi connectivity index (χ3v) is 3.29. The van der Waals surface area contributed by atoms with Gasteiger partial charge < -0.3 is 10.6 Å². The van der Waals surface area contributed by atoms with Crippen molar-refractivity contribution in [2.75, 3.05) is 6.54 Å². The van der Waals surface area contributed by atoms with Gasteiger partial charge in [0.1, 0.15) is 11.4 Å². The Kier molecular flexibility index (Phi) is 5.86. The lowest BCUT2D eigenvalue weighted by molar-refractivity contribution is 0.0942. The molecule has 0 saturated carbocycles. The molecule has 0 bridgehead atoms. The summed E-state index contributed by atoms with van der Waals surface area (Å²) in [6.07, 6.45) is 0.850. The highest BCUT2D eigenvalue weighted by molar-refractivity contribution is 5.96. The van der Waals surface area contributed by atoms with Crippen LogP contribution in [-0.2, 0) is 6.54 Å². The highest BCUT2D eigenvalue weighted by Gasteiger charge is 2.11. The van der Waals surface area contributed by atoms with Gasteiger partial charge in [-0.2, -0.15) is 0 Å². The molecule has 0 saturated heterocycles. The van der Waals surface area contributed by atoms with E-state index in [1.54, 1.807) is 18.2 Å². The minimum atomic E-state index is -0.295. The second-order valence-corrected chi connectivity index (χ2v) is 5.34. The molecule has 0 spiro atoms. The minimum absolute atomic E-state index is 0.238. The van der Waals surface area contributed by atoms with Gasteiger partial charge in [-0.15, -0.1) is 0 Å². The molecule has 1 aromatic carbocycles. The highest BCUT2D eigenvalue weighted by Crippen LogP contribution is 2.05. The average molecular weight is 311 g/mol. The first-order valence-corrected chi connectivity index (χ1v) is 7.69. The predicted octanol–water partition coefficient (Wildman–Crippen LogP) is 2.46. The third kappa shape index (κ3) is 4.92. The number of aryl methyl sites for hydroxylation is 1. The summed E-state index contributed by atoms with van der Waals surface area (Å²) in [5, 5.41) is 5.56. The van der Waals surface area contributed by atoms with Crippen LogP contribution < -0.4 is 10.6 Å². The molecule has 0 aliphatic rings. The lowest BCUT2D eigenvalue weighted by Crippen LogP contribution is -2.27. The number of carbonyl (C=O) groups is 2. The number of benzene rings is 1. The first-order chi connectivity index (χ1) is 11.1. The van der Waals surface area contributed by atoms with Gasteiger partial charge in [-0.25, -0.2) is 4.98 Å². The number of nitrogens with zero attached hydrogens (tertiary/aromatic N) is 1. The van der Waals surface area contributed by atoms with Crippen molar-refractivity contribution in [3.63, 3.8) is 0 Å². The van der Waals surface area contributed by atoms with Gasteiger partial charge in [0.2, 0.25) is 0 Å². The maximum atomic E-state index is 12.2. The molecule has 2 aromatic rings. The maximum Gasteiger partial charge on any atom is 0.270 e. The summed E-state index contributed by atoms with van der Waals surface area (Å²) in [5.74, 6) is -0.558. The van der Waals surface area contributed by atoms with Crippen LogP contribution in [0.4, 0.5) is 0 Å². The molecule has 5 heteroatoms. The molecule has 2 N–H and O–H groups in total. The average Bonchev–Trinajstić information content (AvgIpc) is 2.57. The van der Waals surface area contributed by atoms with E-state index in [9.17, 15) is 9.59 Å². The molecular formula is C18H21N3O2. The maximum absolute atomic E-state index is 12.2. The van der Waals surface area contributed by atoms with Gasteiger partial charge in [0.25, 0.3) is 11.8 Å². The molecule has 2 amide bonds. The summed E-state index contributed by atoms with van der Waals surface area (Å²) >= 11 is 0. The quantitative estimate of drug-likeness (QED) is 0.861. The minimum Gasteiger partial charge on any atom is -0.351 e. The summed E-state index contributed by atoms with van der Waals surface area (Å²) in [5.41, 5.74) is 2.66. The van der Waals surface area contributed by atoms with Gasteiger partial charge in [0, 0.05) is 13.1 Å². The van der Waals surface area contributed by atoms with Crippen molar-refractivity contribution >= 4 is 11.8 Å². The molecule has 1 heterocycles. The van der Waals surface area contributed by atoms with Gasteiger partial charge >= 0.3 is 0 Å². The fraction of sp³-hybridized carbons (Fsp3) is 0.278. The molecule has 1 aromatic heterocycles.